The number of nitrogens with one attached hydrogen (secondary N) is 2. The maximum Gasteiger partial charge on any atom is 0.257 e. The van der Waals surface area contributed by atoms with Gasteiger partial charge in [0.15, 0.2) is 5.58 Å². The Kier molecular flexibility index (Phi) is 4.85. The number of H-pyrrole nitrogens is 1. The van der Waals surface area contributed by atoms with Gasteiger partial charge in [-0.25, -0.2) is 9.97 Å². The summed E-state index contributed by atoms with van der Waals surface area (Å²) in [5.74, 6) is 1.12. The van der Waals surface area contributed by atoms with Crippen molar-refractivity contribution < 1.29 is 9.21 Å². The molecule has 0 aliphatic rings. The Morgan fingerprint density at radius 2 is 1.85 bits per heavy atom. The predicted molar refractivity (Wildman–Crippen MR) is 107 cm³/mol. The van der Waals surface area contributed by atoms with E-state index < -0.39 is 0 Å². The highest BCUT2D eigenvalue weighted by molar-refractivity contribution is 7.99. The number of nitrogens with zero attached hydrogens (tertiary/aromatic N) is 2. The van der Waals surface area contributed by atoms with E-state index in [1.165, 1.54) is 11.8 Å². The molecule has 0 aliphatic carbocycles. The molecule has 4 rings (SSSR count). The van der Waals surface area contributed by atoms with E-state index in [-0.39, 0.29) is 23.6 Å². The van der Waals surface area contributed by atoms with Crippen molar-refractivity contribution in [3.05, 3.63) is 54.4 Å². The summed E-state index contributed by atoms with van der Waals surface area (Å²) in [5.41, 5.74) is 3.38. The molecule has 1 amide bonds. The van der Waals surface area contributed by atoms with Crippen molar-refractivity contribution in [3.8, 4) is 0 Å². The zero-order valence-electron chi connectivity index (χ0n) is 15.1. The second kappa shape index (κ2) is 7.44. The van der Waals surface area contributed by atoms with E-state index >= 15 is 0 Å². The molecule has 2 N–H and O–H groups in total. The standard InChI is InChI=1S/C20H20N4O2S/c1-12(2)18(19-21-13-7-3-4-8-14(13)22-19)24-17(25)11-27-20-23-15-9-5-6-10-16(15)26-20/h3-10,12,18H,11H2,1-2H3,(H,21,22)(H,24,25). The summed E-state index contributed by atoms with van der Waals surface area (Å²) in [7, 11) is 0. The van der Waals surface area contributed by atoms with Gasteiger partial charge in [-0.15, -0.1) is 0 Å². The lowest BCUT2D eigenvalue weighted by atomic mass is 10.0. The Morgan fingerprint density at radius 3 is 2.59 bits per heavy atom. The molecule has 7 heteroatoms. The lowest BCUT2D eigenvalue weighted by Gasteiger charge is -2.20. The van der Waals surface area contributed by atoms with Crippen LogP contribution in [0.25, 0.3) is 22.1 Å². The molecule has 27 heavy (non-hydrogen) atoms. The van der Waals surface area contributed by atoms with E-state index in [1.807, 2.05) is 48.5 Å². The van der Waals surface area contributed by atoms with Gasteiger partial charge in [0.2, 0.25) is 5.91 Å². The van der Waals surface area contributed by atoms with Gasteiger partial charge in [-0.05, 0) is 30.2 Å². The Bertz CT molecular complexity index is 1020. The number of aromatic amines is 1. The number of fused-ring (bicyclic) bond motifs is 2. The van der Waals surface area contributed by atoms with E-state index in [9.17, 15) is 4.79 Å². The van der Waals surface area contributed by atoms with E-state index in [4.69, 9.17) is 4.42 Å². The van der Waals surface area contributed by atoms with Crippen LogP contribution in [0.3, 0.4) is 0 Å². The number of oxazole rings is 1. The fraction of sp³-hybridized carbons (Fsp3) is 0.250. The summed E-state index contributed by atoms with van der Waals surface area (Å²) in [6.45, 7) is 4.12. The first-order chi connectivity index (χ1) is 13.1. The first-order valence-corrected chi connectivity index (χ1v) is 9.81. The molecule has 0 spiro atoms. The quantitative estimate of drug-likeness (QED) is 0.487. The molecule has 0 aliphatic heterocycles. The second-order valence-corrected chi connectivity index (χ2v) is 7.59. The third-order valence-electron chi connectivity index (χ3n) is 4.29. The number of hydrogen-bond donors (Lipinski definition) is 2. The van der Waals surface area contributed by atoms with Gasteiger partial charge in [0.25, 0.3) is 5.22 Å². The maximum atomic E-state index is 12.5. The molecule has 2 aromatic heterocycles. The molecule has 0 radical (unpaired) electrons. The van der Waals surface area contributed by atoms with Crippen LogP contribution in [0.1, 0.15) is 25.7 Å². The normalized spacial score (nSPS) is 12.7. The molecule has 1 atom stereocenters. The summed E-state index contributed by atoms with van der Waals surface area (Å²) >= 11 is 1.29. The number of para-hydroxylation sites is 4. The van der Waals surface area contributed by atoms with Crippen molar-refractivity contribution in [2.45, 2.75) is 25.1 Å². The van der Waals surface area contributed by atoms with E-state index in [0.717, 1.165) is 28.0 Å². The van der Waals surface area contributed by atoms with Crippen molar-refractivity contribution in [3.63, 3.8) is 0 Å². The smallest absolute Gasteiger partial charge is 0.257 e. The summed E-state index contributed by atoms with van der Waals surface area (Å²) < 4.78 is 5.65. The van der Waals surface area contributed by atoms with Crippen molar-refractivity contribution in [1.82, 2.24) is 20.3 Å². The van der Waals surface area contributed by atoms with Crippen LogP contribution in [0.15, 0.2) is 58.2 Å². The van der Waals surface area contributed by atoms with Gasteiger partial charge in [0.05, 0.1) is 22.8 Å². The Balaban J connectivity index is 1.44. The molecule has 4 aromatic rings. The molecular weight excluding hydrogens is 360 g/mol. The molecule has 138 valence electrons. The number of aromatic nitrogens is 3. The molecule has 2 aromatic carbocycles. The van der Waals surface area contributed by atoms with Gasteiger partial charge in [-0.1, -0.05) is 49.9 Å². The monoisotopic (exact) mass is 380 g/mol. The van der Waals surface area contributed by atoms with Gasteiger partial charge in [0.1, 0.15) is 11.3 Å². The highest BCUT2D eigenvalue weighted by Crippen LogP contribution is 2.25. The van der Waals surface area contributed by atoms with Crippen LogP contribution in [0.2, 0.25) is 0 Å². The topological polar surface area (TPSA) is 83.8 Å². The van der Waals surface area contributed by atoms with Crippen LogP contribution >= 0.6 is 11.8 Å². The minimum absolute atomic E-state index is 0.0820. The lowest BCUT2D eigenvalue weighted by molar-refractivity contribution is -0.119. The number of rotatable bonds is 6. The molecular formula is C20H20N4O2S. The van der Waals surface area contributed by atoms with Gasteiger partial charge >= 0.3 is 0 Å². The summed E-state index contributed by atoms with van der Waals surface area (Å²) in [6, 6.07) is 15.2. The van der Waals surface area contributed by atoms with E-state index in [1.54, 1.807) is 0 Å². The first kappa shape index (κ1) is 17.6. The largest absolute Gasteiger partial charge is 0.431 e. The van der Waals surface area contributed by atoms with Crippen LogP contribution in [0.4, 0.5) is 0 Å². The minimum Gasteiger partial charge on any atom is -0.431 e. The first-order valence-electron chi connectivity index (χ1n) is 8.82. The van der Waals surface area contributed by atoms with Crippen LogP contribution in [-0.2, 0) is 4.79 Å². The van der Waals surface area contributed by atoms with Gasteiger partial charge in [0, 0.05) is 0 Å². The summed E-state index contributed by atoms with van der Waals surface area (Å²) in [5, 5.41) is 3.57. The lowest BCUT2D eigenvalue weighted by Crippen LogP contribution is -2.33. The third-order valence-corrected chi connectivity index (χ3v) is 5.11. The predicted octanol–water partition coefficient (Wildman–Crippen LogP) is 4.31. The van der Waals surface area contributed by atoms with Crippen LogP contribution in [0.5, 0.6) is 0 Å². The van der Waals surface area contributed by atoms with E-state index in [0.29, 0.717) is 5.22 Å². The number of imidazole rings is 1. The highest BCUT2D eigenvalue weighted by Gasteiger charge is 2.22. The van der Waals surface area contributed by atoms with Gasteiger partial charge in [-0.2, -0.15) is 0 Å². The molecule has 1 unspecified atom stereocenters. The zero-order valence-corrected chi connectivity index (χ0v) is 15.9. The van der Waals surface area contributed by atoms with Crippen molar-refractivity contribution in [2.75, 3.05) is 5.75 Å². The SMILES string of the molecule is CC(C)C(NC(=O)CSc1nc2ccccc2o1)c1nc2ccccc2[nH]1. The number of thioether (sulfide) groups is 1. The molecule has 0 saturated carbocycles. The summed E-state index contributed by atoms with van der Waals surface area (Å²) in [4.78, 5) is 24.8. The average Bonchev–Trinajstić information content (AvgIpc) is 3.27. The molecule has 2 heterocycles. The summed E-state index contributed by atoms with van der Waals surface area (Å²) in [6.07, 6.45) is 0. The Morgan fingerprint density at radius 1 is 1.11 bits per heavy atom. The van der Waals surface area contributed by atoms with Crippen molar-refractivity contribution >= 4 is 39.8 Å². The average molecular weight is 380 g/mol. The Hall–Kier alpha value is -2.80. The molecule has 0 saturated heterocycles. The second-order valence-electron chi connectivity index (χ2n) is 6.66. The van der Waals surface area contributed by atoms with E-state index in [2.05, 4.69) is 34.1 Å². The fourth-order valence-corrected chi connectivity index (χ4v) is 3.58. The number of amides is 1. The zero-order chi connectivity index (χ0) is 18.8. The number of benzene rings is 2. The molecule has 0 bridgehead atoms. The Labute approximate surface area is 160 Å². The van der Waals surface area contributed by atoms with Gasteiger partial charge < -0.3 is 14.7 Å². The van der Waals surface area contributed by atoms with Crippen LogP contribution in [0, 0.1) is 5.92 Å². The number of carbonyl (C=O) groups is 1. The van der Waals surface area contributed by atoms with Gasteiger partial charge in [-0.3, -0.25) is 4.79 Å². The molecule has 0 fully saturated rings. The molecule has 6 nitrogen and oxygen atoms in total. The highest BCUT2D eigenvalue weighted by atomic mass is 32.2. The van der Waals surface area contributed by atoms with Crippen LogP contribution in [-0.4, -0.2) is 26.6 Å². The fourth-order valence-electron chi connectivity index (χ4n) is 2.93. The number of carbonyl (C=O) groups excluding carboxylic acids is 1. The van der Waals surface area contributed by atoms with Crippen molar-refractivity contribution in [2.24, 2.45) is 5.92 Å². The van der Waals surface area contributed by atoms with Crippen molar-refractivity contribution in [1.29, 1.82) is 0 Å². The minimum atomic E-state index is -0.186. The maximum absolute atomic E-state index is 12.5. The van der Waals surface area contributed by atoms with Crippen LogP contribution < -0.4 is 5.32 Å². The third kappa shape index (κ3) is 3.83. The number of hydrogen-bond acceptors (Lipinski definition) is 5.